The van der Waals surface area contributed by atoms with E-state index in [1.54, 1.807) is 6.92 Å². The van der Waals surface area contributed by atoms with E-state index >= 15 is 0 Å². The number of carbonyl (C=O) groups is 2. The van der Waals surface area contributed by atoms with Crippen LogP contribution < -0.4 is 15.4 Å². The van der Waals surface area contributed by atoms with E-state index < -0.39 is 21.8 Å². The normalized spacial score (nSPS) is 11.5. The van der Waals surface area contributed by atoms with Crippen molar-refractivity contribution >= 4 is 60.5 Å². The van der Waals surface area contributed by atoms with Gasteiger partial charge in [0.1, 0.15) is 15.5 Å². The molecule has 0 unspecified atom stereocenters. The van der Waals surface area contributed by atoms with Gasteiger partial charge in [-0.25, -0.2) is 12.7 Å². The number of hydrogen-bond donors (Lipinski definition) is 2. The molecule has 0 aliphatic carbocycles. The molecular formula is C21H22ClN3O5S2. The average Bonchev–Trinajstić information content (AvgIpc) is 3.10. The van der Waals surface area contributed by atoms with E-state index in [0.717, 1.165) is 14.4 Å². The third-order valence-electron chi connectivity index (χ3n) is 4.44. The number of sulfonamides is 1. The summed E-state index contributed by atoms with van der Waals surface area (Å²) in [6, 6.07) is 11.7. The quantitative estimate of drug-likeness (QED) is 0.497. The second-order valence-electron chi connectivity index (χ2n) is 6.85. The first-order valence-electron chi connectivity index (χ1n) is 9.59. The van der Waals surface area contributed by atoms with Crippen LogP contribution in [0.15, 0.2) is 47.4 Å². The molecule has 32 heavy (non-hydrogen) atoms. The lowest BCUT2D eigenvalue weighted by Crippen LogP contribution is -2.32. The van der Waals surface area contributed by atoms with Gasteiger partial charge < -0.3 is 15.4 Å². The number of thiophene rings is 1. The van der Waals surface area contributed by atoms with Crippen LogP contribution in [-0.4, -0.2) is 51.8 Å². The van der Waals surface area contributed by atoms with Crippen LogP contribution in [0, 0.1) is 0 Å². The van der Waals surface area contributed by atoms with E-state index in [9.17, 15) is 18.0 Å². The number of nitrogens with one attached hydrogen (secondary N) is 2. The molecule has 11 heteroatoms. The Hall–Kier alpha value is -2.66. The third-order valence-corrected chi connectivity index (χ3v) is 7.95. The number of anilines is 1. The number of ether oxygens (including phenoxy) is 1. The van der Waals surface area contributed by atoms with E-state index in [0.29, 0.717) is 9.90 Å². The maximum absolute atomic E-state index is 12.6. The van der Waals surface area contributed by atoms with Gasteiger partial charge in [-0.2, -0.15) is 0 Å². The van der Waals surface area contributed by atoms with Crippen molar-refractivity contribution in [2.75, 3.05) is 32.6 Å². The van der Waals surface area contributed by atoms with E-state index in [-0.39, 0.29) is 29.5 Å². The number of benzene rings is 2. The predicted octanol–water partition coefficient (Wildman–Crippen LogP) is 3.57. The Morgan fingerprint density at radius 3 is 2.53 bits per heavy atom. The van der Waals surface area contributed by atoms with Crippen LogP contribution >= 0.6 is 22.9 Å². The molecule has 0 aliphatic rings. The van der Waals surface area contributed by atoms with Gasteiger partial charge in [0.15, 0.2) is 0 Å². The van der Waals surface area contributed by atoms with E-state index in [4.69, 9.17) is 16.3 Å². The van der Waals surface area contributed by atoms with Gasteiger partial charge in [0.2, 0.25) is 15.9 Å². The zero-order valence-corrected chi connectivity index (χ0v) is 20.0. The molecule has 0 saturated carbocycles. The Morgan fingerprint density at radius 2 is 1.88 bits per heavy atom. The summed E-state index contributed by atoms with van der Waals surface area (Å²) in [7, 11) is -0.978. The molecule has 0 aliphatic heterocycles. The molecule has 2 amide bonds. The summed E-state index contributed by atoms with van der Waals surface area (Å²) in [6.45, 7) is 1.72. The maximum atomic E-state index is 12.6. The molecule has 0 saturated heterocycles. The highest BCUT2D eigenvalue weighted by atomic mass is 35.5. The largest absolute Gasteiger partial charge is 0.492 e. The van der Waals surface area contributed by atoms with Crippen LogP contribution in [0.2, 0.25) is 5.02 Å². The number of carbonyl (C=O) groups excluding carboxylic acids is 2. The number of hydrogen-bond acceptors (Lipinski definition) is 6. The summed E-state index contributed by atoms with van der Waals surface area (Å²) < 4.78 is 32.6. The van der Waals surface area contributed by atoms with Crippen molar-refractivity contribution in [2.24, 2.45) is 0 Å². The van der Waals surface area contributed by atoms with Crippen LogP contribution in [0.1, 0.15) is 16.6 Å². The third kappa shape index (κ3) is 5.04. The van der Waals surface area contributed by atoms with Gasteiger partial charge in [0.05, 0.1) is 18.2 Å². The summed E-state index contributed by atoms with van der Waals surface area (Å²) in [5.74, 6) is -0.797. The Labute approximate surface area is 195 Å². The highest BCUT2D eigenvalue weighted by Gasteiger charge is 2.23. The lowest BCUT2D eigenvalue weighted by Gasteiger charge is -2.16. The summed E-state index contributed by atoms with van der Waals surface area (Å²) in [4.78, 5) is 25.1. The van der Waals surface area contributed by atoms with Crippen LogP contribution in [0.5, 0.6) is 5.75 Å². The standard InChI is InChI=1S/C21H22ClN3O5S2/c1-4-30-15-10-9-13(11-17(15)32(28,29)25(2)3)24-18(26)12-23-21(27)20-19(22)14-7-5-6-8-16(14)31-20/h5-11H,4,12H2,1-3H3,(H,23,27)(H,24,26). The summed E-state index contributed by atoms with van der Waals surface area (Å²) in [5, 5.41) is 6.25. The van der Waals surface area contributed by atoms with Crippen LogP contribution in [0.3, 0.4) is 0 Å². The highest BCUT2D eigenvalue weighted by molar-refractivity contribution is 7.89. The molecule has 2 N–H and O–H groups in total. The minimum absolute atomic E-state index is 0.0664. The van der Waals surface area contributed by atoms with E-state index in [2.05, 4.69) is 10.6 Å². The van der Waals surface area contributed by atoms with Crippen molar-refractivity contribution in [3.8, 4) is 5.75 Å². The van der Waals surface area contributed by atoms with Crippen LogP contribution in [0.4, 0.5) is 5.69 Å². The molecule has 0 fully saturated rings. The minimum atomic E-state index is -3.79. The average molecular weight is 496 g/mol. The fraction of sp³-hybridized carbons (Fsp3) is 0.238. The van der Waals surface area contributed by atoms with Gasteiger partial charge in [-0.05, 0) is 31.2 Å². The highest BCUT2D eigenvalue weighted by Crippen LogP contribution is 2.35. The summed E-state index contributed by atoms with van der Waals surface area (Å²) in [5.41, 5.74) is 0.257. The first-order valence-corrected chi connectivity index (χ1v) is 12.2. The topological polar surface area (TPSA) is 105 Å². The fourth-order valence-electron chi connectivity index (χ4n) is 2.86. The number of rotatable bonds is 8. The summed E-state index contributed by atoms with van der Waals surface area (Å²) in [6.07, 6.45) is 0. The van der Waals surface area contributed by atoms with Crippen molar-refractivity contribution in [3.63, 3.8) is 0 Å². The monoisotopic (exact) mass is 495 g/mol. The van der Waals surface area contributed by atoms with E-state index in [1.807, 2.05) is 24.3 Å². The number of nitrogens with zero attached hydrogens (tertiary/aromatic N) is 1. The van der Waals surface area contributed by atoms with Crippen LogP contribution in [-0.2, 0) is 14.8 Å². The second-order valence-corrected chi connectivity index (χ2v) is 10.4. The molecular weight excluding hydrogens is 474 g/mol. The minimum Gasteiger partial charge on any atom is -0.492 e. The summed E-state index contributed by atoms with van der Waals surface area (Å²) >= 11 is 7.54. The molecule has 0 atom stereocenters. The predicted molar refractivity (Wildman–Crippen MR) is 126 cm³/mol. The van der Waals surface area contributed by atoms with Crippen molar-refractivity contribution in [2.45, 2.75) is 11.8 Å². The first kappa shape index (κ1) is 24.0. The Balaban J connectivity index is 1.71. The zero-order valence-electron chi connectivity index (χ0n) is 17.6. The van der Waals surface area contributed by atoms with E-state index in [1.165, 1.54) is 43.6 Å². The number of amides is 2. The smallest absolute Gasteiger partial charge is 0.263 e. The number of halogens is 1. The zero-order chi connectivity index (χ0) is 23.5. The Kier molecular flexibility index (Phi) is 7.40. The lowest BCUT2D eigenvalue weighted by molar-refractivity contribution is -0.115. The molecule has 0 spiro atoms. The van der Waals surface area contributed by atoms with Gasteiger partial charge in [0, 0.05) is 29.9 Å². The Morgan fingerprint density at radius 1 is 1.16 bits per heavy atom. The molecule has 170 valence electrons. The van der Waals surface area contributed by atoms with Crippen molar-refractivity contribution < 1.29 is 22.7 Å². The molecule has 0 radical (unpaired) electrons. The van der Waals surface area contributed by atoms with Crippen molar-refractivity contribution in [3.05, 3.63) is 52.4 Å². The Bertz CT molecular complexity index is 1270. The molecule has 3 rings (SSSR count). The van der Waals surface area contributed by atoms with Gasteiger partial charge in [0.25, 0.3) is 5.91 Å². The second kappa shape index (κ2) is 9.86. The van der Waals surface area contributed by atoms with Gasteiger partial charge in [-0.1, -0.05) is 29.8 Å². The lowest BCUT2D eigenvalue weighted by atomic mass is 10.2. The molecule has 2 aromatic carbocycles. The number of fused-ring (bicyclic) bond motifs is 1. The molecule has 1 aromatic heterocycles. The van der Waals surface area contributed by atoms with Gasteiger partial charge in [-0.3, -0.25) is 9.59 Å². The SMILES string of the molecule is CCOc1ccc(NC(=O)CNC(=O)c2sc3ccccc3c2Cl)cc1S(=O)(=O)N(C)C. The van der Waals surface area contributed by atoms with Gasteiger partial charge in [-0.15, -0.1) is 11.3 Å². The molecule has 3 aromatic rings. The van der Waals surface area contributed by atoms with Crippen molar-refractivity contribution in [1.82, 2.24) is 9.62 Å². The molecule has 0 bridgehead atoms. The van der Waals surface area contributed by atoms with Gasteiger partial charge >= 0.3 is 0 Å². The fourth-order valence-corrected chi connectivity index (χ4v) is 5.35. The van der Waals surface area contributed by atoms with Crippen LogP contribution in [0.25, 0.3) is 10.1 Å². The first-order chi connectivity index (χ1) is 15.1. The van der Waals surface area contributed by atoms with Crippen molar-refractivity contribution in [1.29, 1.82) is 0 Å². The molecule has 1 heterocycles. The maximum Gasteiger partial charge on any atom is 0.263 e. The molecule has 8 nitrogen and oxygen atoms in total.